The first-order valence-electron chi connectivity index (χ1n) is 4.97. The van der Waals surface area contributed by atoms with Crippen LogP contribution in [0.4, 0.5) is 0 Å². The first-order valence-corrected chi connectivity index (χ1v) is 4.97. The van der Waals surface area contributed by atoms with Crippen molar-refractivity contribution in [2.24, 2.45) is 5.41 Å². The van der Waals surface area contributed by atoms with Crippen LogP contribution in [-0.4, -0.2) is 24.8 Å². The minimum Gasteiger partial charge on any atom is -0.343 e. The van der Waals surface area contributed by atoms with Crippen LogP contribution in [-0.2, 0) is 14.3 Å². The number of carbonyl (C=O) groups is 1. The molecule has 1 aliphatic carbocycles. The maximum absolute atomic E-state index is 11.4. The third-order valence-electron chi connectivity index (χ3n) is 3.10. The number of hydrogen-bond donors (Lipinski definition) is 0. The highest BCUT2D eigenvalue weighted by Crippen LogP contribution is 2.48. The summed E-state index contributed by atoms with van der Waals surface area (Å²) in [5, 5.41) is 0. The molecule has 0 unspecified atom stereocenters. The normalized spacial score (nSPS) is 29.4. The van der Waals surface area contributed by atoms with Crippen LogP contribution in [0.5, 0.6) is 0 Å². The molecule has 0 radical (unpaired) electrons. The Hall–Kier alpha value is -0.670. The van der Waals surface area contributed by atoms with E-state index in [0.29, 0.717) is 19.6 Å². The SMILES string of the molecule is CC1=CC(=O)CC(C)(C)C12OCCO2. The van der Waals surface area contributed by atoms with Gasteiger partial charge in [0.25, 0.3) is 0 Å². The van der Waals surface area contributed by atoms with Gasteiger partial charge < -0.3 is 9.47 Å². The van der Waals surface area contributed by atoms with E-state index >= 15 is 0 Å². The zero-order chi connectivity index (χ0) is 10.4. The van der Waals surface area contributed by atoms with Crippen molar-refractivity contribution in [2.45, 2.75) is 33.0 Å². The van der Waals surface area contributed by atoms with Crippen molar-refractivity contribution in [1.29, 1.82) is 0 Å². The van der Waals surface area contributed by atoms with E-state index in [4.69, 9.17) is 9.47 Å². The van der Waals surface area contributed by atoms with Gasteiger partial charge in [-0.05, 0) is 18.6 Å². The molecule has 1 heterocycles. The summed E-state index contributed by atoms with van der Waals surface area (Å²) >= 11 is 0. The molecule has 1 fully saturated rings. The maximum Gasteiger partial charge on any atom is 0.196 e. The summed E-state index contributed by atoms with van der Waals surface area (Å²) in [6.45, 7) is 7.18. The summed E-state index contributed by atoms with van der Waals surface area (Å²) in [6, 6.07) is 0. The zero-order valence-electron chi connectivity index (χ0n) is 8.92. The van der Waals surface area contributed by atoms with Crippen LogP contribution < -0.4 is 0 Å². The summed E-state index contributed by atoms with van der Waals surface area (Å²) in [6.07, 6.45) is 2.14. The summed E-state index contributed by atoms with van der Waals surface area (Å²) in [5.41, 5.74) is 0.635. The fourth-order valence-electron chi connectivity index (χ4n) is 2.50. The predicted molar refractivity (Wildman–Crippen MR) is 51.8 cm³/mol. The van der Waals surface area contributed by atoms with Crippen LogP contribution >= 0.6 is 0 Å². The Balaban J connectivity index is 2.46. The largest absolute Gasteiger partial charge is 0.343 e. The van der Waals surface area contributed by atoms with Gasteiger partial charge in [0.05, 0.1) is 13.2 Å². The second kappa shape index (κ2) is 2.91. The zero-order valence-corrected chi connectivity index (χ0v) is 8.92. The van der Waals surface area contributed by atoms with E-state index in [1.54, 1.807) is 6.08 Å². The van der Waals surface area contributed by atoms with Crippen molar-refractivity contribution in [2.75, 3.05) is 13.2 Å². The average Bonchev–Trinajstić information content (AvgIpc) is 2.48. The molecule has 1 saturated heterocycles. The molecule has 1 spiro atoms. The molecule has 2 aliphatic rings. The Morgan fingerprint density at radius 2 is 1.86 bits per heavy atom. The number of ether oxygens (including phenoxy) is 2. The Morgan fingerprint density at radius 1 is 1.29 bits per heavy atom. The first-order chi connectivity index (χ1) is 6.48. The van der Waals surface area contributed by atoms with Crippen molar-refractivity contribution < 1.29 is 14.3 Å². The lowest BCUT2D eigenvalue weighted by Gasteiger charge is -2.44. The molecule has 0 saturated carbocycles. The van der Waals surface area contributed by atoms with E-state index in [-0.39, 0.29) is 11.2 Å². The first kappa shape index (κ1) is 9.87. The van der Waals surface area contributed by atoms with Crippen LogP contribution in [0.3, 0.4) is 0 Å². The third-order valence-corrected chi connectivity index (χ3v) is 3.10. The topological polar surface area (TPSA) is 35.5 Å². The molecule has 0 atom stereocenters. The van der Waals surface area contributed by atoms with E-state index in [0.717, 1.165) is 5.57 Å². The maximum atomic E-state index is 11.4. The lowest BCUT2D eigenvalue weighted by atomic mass is 9.71. The number of rotatable bonds is 0. The van der Waals surface area contributed by atoms with Gasteiger partial charge in [0, 0.05) is 11.8 Å². The molecule has 0 N–H and O–H groups in total. The molecular weight excluding hydrogens is 180 g/mol. The fourth-order valence-corrected chi connectivity index (χ4v) is 2.50. The van der Waals surface area contributed by atoms with E-state index in [2.05, 4.69) is 0 Å². The van der Waals surface area contributed by atoms with Crippen molar-refractivity contribution in [3.8, 4) is 0 Å². The van der Waals surface area contributed by atoms with Crippen LogP contribution in [0, 0.1) is 5.41 Å². The van der Waals surface area contributed by atoms with E-state index in [9.17, 15) is 4.79 Å². The minimum absolute atomic E-state index is 0.164. The predicted octanol–water partition coefficient (Wildman–Crippen LogP) is 1.67. The molecule has 3 heteroatoms. The van der Waals surface area contributed by atoms with E-state index in [1.165, 1.54) is 0 Å². The second-order valence-electron chi connectivity index (χ2n) is 4.67. The van der Waals surface area contributed by atoms with E-state index in [1.807, 2.05) is 20.8 Å². The highest BCUT2D eigenvalue weighted by molar-refractivity contribution is 5.92. The van der Waals surface area contributed by atoms with Crippen LogP contribution in [0.1, 0.15) is 27.2 Å². The molecule has 2 rings (SSSR count). The monoisotopic (exact) mass is 196 g/mol. The Kier molecular flexibility index (Phi) is 2.05. The molecule has 0 aromatic rings. The van der Waals surface area contributed by atoms with Crippen LogP contribution in [0.2, 0.25) is 0 Å². The summed E-state index contributed by atoms with van der Waals surface area (Å²) in [7, 11) is 0. The van der Waals surface area contributed by atoms with Gasteiger partial charge in [0.2, 0.25) is 0 Å². The molecule has 78 valence electrons. The van der Waals surface area contributed by atoms with Crippen molar-refractivity contribution in [3.63, 3.8) is 0 Å². The highest BCUT2D eigenvalue weighted by Gasteiger charge is 2.54. The van der Waals surface area contributed by atoms with Gasteiger partial charge in [-0.25, -0.2) is 0 Å². The van der Waals surface area contributed by atoms with Gasteiger partial charge in [-0.2, -0.15) is 0 Å². The molecule has 0 aromatic carbocycles. The molecule has 3 nitrogen and oxygen atoms in total. The number of hydrogen-bond acceptors (Lipinski definition) is 3. The molecular formula is C11H16O3. The van der Waals surface area contributed by atoms with E-state index < -0.39 is 5.79 Å². The number of ketones is 1. The Morgan fingerprint density at radius 3 is 2.36 bits per heavy atom. The molecule has 0 bridgehead atoms. The average molecular weight is 196 g/mol. The third kappa shape index (κ3) is 1.16. The van der Waals surface area contributed by atoms with Gasteiger partial charge in [0.1, 0.15) is 0 Å². The highest BCUT2D eigenvalue weighted by atomic mass is 16.7. The van der Waals surface area contributed by atoms with Crippen LogP contribution in [0.25, 0.3) is 0 Å². The van der Waals surface area contributed by atoms with Crippen LogP contribution in [0.15, 0.2) is 11.6 Å². The molecule has 0 aromatic heterocycles. The fraction of sp³-hybridized carbons (Fsp3) is 0.727. The van der Waals surface area contributed by atoms with Gasteiger partial charge in [-0.1, -0.05) is 13.8 Å². The van der Waals surface area contributed by atoms with Gasteiger partial charge in [-0.15, -0.1) is 0 Å². The minimum atomic E-state index is -0.652. The number of allylic oxidation sites excluding steroid dienone is 1. The number of carbonyl (C=O) groups excluding carboxylic acids is 1. The summed E-state index contributed by atoms with van der Waals surface area (Å²) in [5.74, 6) is -0.488. The van der Waals surface area contributed by atoms with Gasteiger partial charge in [0.15, 0.2) is 11.6 Å². The quantitative estimate of drug-likeness (QED) is 0.591. The van der Waals surface area contributed by atoms with Crippen molar-refractivity contribution in [1.82, 2.24) is 0 Å². The van der Waals surface area contributed by atoms with Crippen molar-refractivity contribution in [3.05, 3.63) is 11.6 Å². The smallest absolute Gasteiger partial charge is 0.196 e. The standard InChI is InChI=1S/C11H16O3/c1-8-6-9(12)7-10(2,3)11(8)13-4-5-14-11/h6H,4-5,7H2,1-3H3. The summed E-state index contributed by atoms with van der Waals surface area (Å²) < 4.78 is 11.4. The lowest BCUT2D eigenvalue weighted by Crippen LogP contribution is -2.50. The Labute approximate surface area is 84.1 Å². The molecule has 14 heavy (non-hydrogen) atoms. The molecule has 0 amide bonds. The van der Waals surface area contributed by atoms with Gasteiger partial charge in [-0.3, -0.25) is 4.79 Å². The summed E-state index contributed by atoms with van der Waals surface area (Å²) in [4.78, 5) is 11.4. The molecule has 1 aliphatic heterocycles. The van der Waals surface area contributed by atoms with Gasteiger partial charge >= 0.3 is 0 Å². The van der Waals surface area contributed by atoms with Crippen molar-refractivity contribution >= 4 is 5.78 Å². The Bertz CT molecular complexity index is 296. The lowest BCUT2D eigenvalue weighted by molar-refractivity contribution is -0.204. The second-order valence-corrected chi connectivity index (χ2v) is 4.67.